The molecule has 0 fully saturated rings. The van der Waals surface area contributed by atoms with Crippen molar-refractivity contribution in [1.82, 2.24) is 0 Å². The average molecular weight is 239 g/mol. The molecule has 0 aromatic heterocycles. The fourth-order valence-electron chi connectivity index (χ4n) is 1.49. The lowest BCUT2D eigenvalue weighted by atomic mass is 10.2. The van der Waals surface area contributed by atoms with Gasteiger partial charge in [-0.3, -0.25) is 0 Å². The number of nitrogens with zero attached hydrogens (tertiary/aromatic N) is 1. The number of hydrogen-bond donors (Lipinski definition) is 1. The summed E-state index contributed by atoms with van der Waals surface area (Å²) in [5.74, 6) is 2.41. The number of thioether (sulfide) groups is 1. The first-order chi connectivity index (χ1) is 7.65. The molecule has 0 aliphatic heterocycles. The van der Waals surface area contributed by atoms with E-state index in [4.69, 9.17) is 5.11 Å². The molecule has 90 valence electrons. The van der Waals surface area contributed by atoms with Crippen LogP contribution in [0, 0.1) is 5.92 Å². The second-order valence-corrected chi connectivity index (χ2v) is 5.36. The van der Waals surface area contributed by atoms with E-state index in [0.29, 0.717) is 5.92 Å². The summed E-state index contributed by atoms with van der Waals surface area (Å²) in [6.45, 7) is 2.35. The molecule has 0 aliphatic carbocycles. The lowest BCUT2D eigenvalue weighted by Gasteiger charge is -2.17. The van der Waals surface area contributed by atoms with E-state index in [1.54, 1.807) is 0 Å². The van der Waals surface area contributed by atoms with Crippen molar-refractivity contribution in [2.75, 3.05) is 31.4 Å². The normalized spacial score (nSPS) is 12.5. The number of hydrogen-bond acceptors (Lipinski definition) is 3. The number of para-hydroxylation sites is 1. The second kappa shape index (κ2) is 6.81. The molecule has 0 aliphatic rings. The Kier molecular flexibility index (Phi) is 5.71. The molecule has 0 amide bonds. The number of aliphatic hydroxyl groups excluding tert-OH is 1. The summed E-state index contributed by atoms with van der Waals surface area (Å²) in [6.07, 6.45) is 0. The number of aliphatic hydroxyl groups is 1. The van der Waals surface area contributed by atoms with Gasteiger partial charge in [0.2, 0.25) is 0 Å². The largest absolute Gasteiger partial charge is 0.396 e. The van der Waals surface area contributed by atoms with Gasteiger partial charge < -0.3 is 10.0 Å². The van der Waals surface area contributed by atoms with Crippen LogP contribution in [0.4, 0.5) is 5.69 Å². The van der Waals surface area contributed by atoms with Crippen LogP contribution in [-0.2, 0) is 5.75 Å². The minimum absolute atomic E-state index is 0.280. The monoisotopic (exact) mass is 239 g/mol. The van der Waals surface area contributed by atoms with Gasteiger partial charge in [-0.1, -0.05) is 25.1 Å². The highest BCUT2D eigenvalue weighted by atomic mass is 32.2. The Morgan fingerprint density at radius 1 is 1.31 bits per heavy atom. The number of benzene rings is 1. The molecule has 1 atom stereocenters. The van der Waals surface area contributed by atoms with Gasteiger partial charge in [-0.2, -0.15) is 11.8 Å². The van der Waals surface area contributed by atoms with Gasteiger partial charge in [0.15, 0.2) is 0 Å². The maximum atomic E-state index is 8.95. The highest BCUT2D eigenvalue weighted by molar-refractivity contribution is 7.98. The Morgan fingerprint density at radius 2 is 2.00 bits per heavy atom. The van der Waals surface area contributed by atoms with E-state index in [1.807, 2.05) is 11.8 Å². The third-order valence-electron chi connectivity index (χ3n) is 2.45. The Balaban J connectivity index is 2.53. The van der Waals surface area contributed by atoms with Crippen LogP contribution >= 0.6 is 11.8 Å². The van der Waals surface area contributed by atoms with Crippen LogP contribution < -0.4 is 4.90 Å². The lowest BCUT2D eigenvalue weighted by Crippen LogP contribution is -2.11. The SMILES string of the molecule is CC(CO)CSCc1ccccc1N(C)C. The zero-order valence-electron chi connectivity index (χ0n) is 10.3. The van der Waals surface area contributed by atoms with Gasteiger partial charge in [-0.25, -0.2) is 0 Å². The average Bonchev–Trinajstić information content (AvgIpc) is 2.29. The van der Waals surface area contributed by atoms with Gasteiger partial charge >= 0.3 is 0 Å². The minimum atomic E-state index is 0.280. The zero-order chi connectivity index (χ0) is 12.0. The molecule has 1 rings (SSSR count). The smallest absolute Gasteiger partial charge is 0.0464 e. The van der Waals surface area contributed by atoms with E-state index >= 15 is 0 Å². The molecule has 1 unspecified atom stereocenters. The topological polar surface area (TPSA) is 23.5 Å². The predicted molar refractivity (Wildman–Crippen MR) is 73.2 cm³/mol. The van der Waals surface area contributed by atoms with Gasteiger partial charge in [0.05, 0.1) is 0 Å². The quantitative estimate of drug-likeness (QED) is 0.825. The molecule has 3 heteroatoms. The standard InChI is InChI=1S/C13H21NOS/c1-11(8-15)9-16-10-12-6-4-5-7-13(12)14(2)3/h4-7,11,15H,8-10H2,1-3H3. The number of anilines is 1. The Bertz CT molecular complexity index is 315. The fourth-order valence-corrected chi connectivity index (χ4v) is 2.58. The predicted octanol–water partition coefficient (Wildman–Crippen LogP) is 2.61. The van der Waals surface area contributed by atoms with Crippen molar-refractivity contribution in [3.05, 3.63) is 29.8 Å². The summed E-state index contributed by atoms with van der Waals surface area (Å²) in [5, 5.41) is 8.95. The Labute approximate surface area is 103 Å². The Morgan fingerprint density at radius 3 is 2.62 bits per heavy atom. The molecule has 1 N–H and O–H groups in total. The summed E-state index contributed by atoms with van der Waals surface area (Å²) < 4.78 is 0. The summed E-state index contributed by atoms with van der Waals surface area (Å²) in [4.78, 5) is 2.14. The van der Waals surface area contributed by atoms with E-state index in [-0.39, 0.29) is 6.61 Å². The first-order valence-corrected chi connectivity index (χ1v) is 6.74. The van der Waals surface area contributed by atoms with E-state index in [9.17, 15) is 0 Å². The molecular weight excluding hydrogens is 218 g/mol. The second-order valence-electron chi connectivity index (χ2n) is 4.33. The molecule has 0 saturated carbocycles. The maximum absolute atomic E-state index is 8.95. The highest BCUT2D eigenvalue weighted by Crippen LogP contribution is 2.23. The van der Waals surface area contributed by atoms with Crippen LogP contribution in [0.3, 0.4) is 0 Å². The first kappa shape index (κ1) is 13.4. The molecule has 2 nitrogen and oxygen atoms in total. The summed E-state index contributed by atoms with van der Waals surface area (Å²) in [6, 6.07) is 8.47. The van der Waals surface area contributed by atoms with Gasteiger partial charge in [0.25, 0.3) is 0 Å². The van der Waals surface area contributed by atoms with E-state index in [0.717, 1.165) is 11.5 Å². The molecule has 0 saturated heterocycles. The van der Waals surface area contributed by atoms with Gasteiger partial charge in [-0.15, -0.1) is 0 Å². The van der Waals surface area contributed by atoms with Crippen molar-refractivity contribution < 1.29 is 5.11 Å². The van der Waals surface area contributed by atoms with Crippen molar-refractivity contribution >= 4 is 17.4 Å². The van der Waals surface area contributed by atoms with Gasteiger partial charge in [-0.05, 0) is 23.3 Å². The highest BCUT2D eigenvalue weighted by Gasteiger charge is 2.05. The maximum Gasteiger partial charge on any atom is 0.0464 e. The summed E-state index contributed by atoms with van der Waals surface area (Å²) in [7, 11) is 4.14. The van der Waals surface area contributed by atoms with Crippen molar-refractivity contribution in [1.29, 1.82) is 0 Å². The fraction of sp³-hybridized carbons (Fsp3) is 0.538. The van der Waals surface area contributed by atoms with Crippen molar-refractivity contribution in [2.24, 2.45) is 5.92 Å². The molecular formula is C13H21NOS. The van der Waals surface area contributed by atoms with Crippen molar-refractivity contribution in [2.45, 2.75) is 12.7 Å². The third-order valence-corrected chi connectivity index (χ3v) is 3.76. The van der Waals surface area contributed by atoms with Crippen LogP contribution in [0.15, 0.2) is 24.3 Å². The van der Waals surface area contributed by atoms with Crippen LogP contribution in [0.1, 0.15) is 12.5 Å². The Hall–Kier alpha value is -0.670. The minimum Gasteiger partial charge on any atom is -0.396 e. The van der Waals surface area contributed by atoms with Gasteiger partial charge in [0.1, 0.15) is 0 Å². The molecule has 0 spiro atoms. The van der Waals surface area contributed by atoms with Crippen LogP contribution in [-0.4, -0.2) is 31.6 Å². The van der Waals surface area contributed by atoms with Crippen molar-refractivity contribution in [3.63, 3.8) is 0 Å². The molecule has 16 heavy (non-hydrogen) atoms. The third kappa shape index (κ3) is 4.06. The number of rotatable bonds is 6. The lowest BCUT2D eigenvalue weighted by molar-refractivity contribution is 0.250. The molecule has 1 aromatic carbocycles. The van der Waals surface area contributed by atoms with E-state index in [2.05, 4.69) is 50.2 Å². The van der Waals surface area contributed by atoms with Crippen molar-refractivity contribution in [3.8, 4) is 0 Å². The van der Waals surface area contributed by atoms with Crippen LogP contribution in [0.25, 0.3) is 0 Å². The van der Waals surface area contributed by atoms with Crippen LogP contribution in [0.5, 0.6) is 0 Å². The first-order valence-electron chi connectivity index (χ1n) is 5.59. The molecule has 0 bridgehead atoms. The zero-order valence-corrected chi connectivity index (χ0v) is 11.1. The molecule has 0 heterocycles. The van der Waals surface area contributed by atoms with E-state index < -0.39 is 0 Å². The van der Waals surface area contributed by atoms with Crippen LogP contribution in [0.2, 0.25) is 0 Å². The van der Waals surface area contributed by atoms with E-state index in [1.165, 1.54) is 11.3 Å². The van der Waals surface area contributed by atoms with Gasteiger partial charge in [0, 0.05) is 32.1 Å². The molecule has 1 aromatic rings. The summed E-state index contributed by atoms with van der Waals surface area (Å²) >= 11 is 1.88. The summed E-state index contributed by atoms with van der Waals surface area (Å²) in [5.41, 5.74) is 2.65. The molecule has 0 radical (unpaired) electrons.